The number of nitrogens with zero attached hydrogens (tertiary/aromatic N) is 3. The monoisotopic (exact) mass is 295 g/mol. The predicted molar refractivity (Wildman–Crippen MR) is 67.1 cm³/mol. The Kier molecular flexibility index (Phi) is 3.61. The average Bonchev–Trinajstić information content (AvgIpc) is 2.47. The van der Waals surface area contributed by atoms with E-state index in [0.29, 0.717) is 0 Å². The van der Waals surface area contributed by atoms with Gasteiger partial charge in [-0.1, -0.05) is 6.07 Å². The summed E-state index contributed by atoms with van der Waals surface area (Å²) in [5.41, 5.74) is -0.628. The highest BCUT2D eigenvalue weighted by molar-refractivity contribution is 7.91. The Morgan fingerprint density at radius 1 is 1.25 bits per heavy atom. The molecule has 0 N–H and O–H groups in total. The molecule has 8 nitrogen and oxygen atoms in total. The number of ether oxygens (including phenoxy) is 1. The van der Waals surface area contributed by atoms with Crippen LogP contribution in [-0.4, -0.2) is 30.4 Å². The van der Waals surface area contributed by atoms with E-state index in [4.69, 9.17) is 4.74 Å². The summed E-state index contributed by atoms with van der Waals surface area (Å²) in [7, 11) is -2.91. The first-order valence-corrected chi connectivity index (χ1v) is 6.80. The third-order valence-corrected chi connectivity index (χ3v) is 3.99. The van der Waals surface area contributed by atoms with Gasteiger partial charge in [0, 0.05) is 18.3 Å². The van der Waals surface area contributed by atoms with Crippen molar-refractivity contribution in [3.05, 3.63) is 46.6 Å². The van der Waals surface area contributed by atoms with Crippen LogP contribution in [-0.2, 0) is 9.84 Å². The van der Waals surface area contributed by atoms with E-state index in [2.05, 4.69) is 9.97 Å². The number of hydrogen-bond acceptors (Lipinski definition) is 7. The molecule has 9 heteroatoms. The lowest BCUT2D eigenvalue weighted by Gasteiger charge is -2.05. The molecule has 2 heterocycles. The van der Waals surface area contributed by atoms with Gasteiger partial charge >= 0.3 is 5.69 Å². The van der Waals surface area contributed by atoms with Crippen LogP contribution in [0.3, 0.4) is 0 Å². The maximum absolute atomic E-state index is 12.3. The maximum Gasteiger partial charge on any atom is 0.307 e. The fourth-order valence-corrected chi connectivity index (χ4v) is 2.76. The van der Waals surface area contributed by atoms with Gasteiger partial charge in [-0.05, 0) is 12.1 Å². The molecule has 0 aliphatic carbocycles. The van der Waals surface area contributed by atoms with Crippen LogP contribution >= 0.6 is 0 Å². The zero-order chi connectivity index (χ0) is 14.8. The second kappa shape index (κ2) is 5.21. The maximum atomic E-state index is 12.3. The highest BCUT2D eigenvalue weighted by Gasteiger charge is 2.31. The summed E-state index contributed by atoms with van der Waals surface area (Å²) in [6.07, 6.45) is 1.28. The van der Waals surface area contributed by atoms with E-state index in [1.54, 1.807) is 0 Å². The SMILES string of the molecule is COc1ccc([N+](=O)[O-])c(S(=O)(=O)c2ccccn2)n1. The molecule has 0 aromatic carbocycles. The van der Waals surface area contributed by atoms with Gasteiger partial charge in [-0.3, -0.25) is 10.1 Å². The molecular formula is C11H9N3O5S. The van der Waals surface area contributed by atoms with E-state index in [1.807, 2.05) is 0 Å². The largest absolute Gasteiger partial charge is 0.481 e. The van der Waals surface area contributed by atoms with Crippen molar-refractivity contribution in [3.8, 4) is 5.88 Å². The van der Waals surface area contributed by atoms with E-state index >= 15 is 0 Å². The minimum atomic E-state index is -4.19. The molecule has 0 radical (unpaired) electrons. The van der Waals surface area contributed by atoms with Crippen molar-refractivity contribution in [3.63, 3.8) is 0 Å². The summed E-state index contributed by atoms with van der Waals surface area (Å²) in [6.45, 7) is 0. The van der Waals surface area contributed by atoms with Gasteiger partial charge in [-0.2, -0.15) is 4.98 Å². The molecule has 0 aliphatic heterocycles. The van der Waals surface area contributed by atoms with Crippen molar-refractivity contribution in [2.24, 2.45) is 0 Å². The number of methoxy groups -OCH3 is 1. The van der Waals surface area contributed by atoms with E-state index in [0.717, 1.165) is 6.07 Å². The van der Waals surface area contributed by atoms with Crippen LogP contribution in [0.2, 0.25) is 0 Å². The number of rotatable bonds is 4. The van der Waals surface area contributed by atoms with E-state index in [9.17, 15) is 18.5 Å². The number of nitro groups is 1. The normalized spacial score (nSPS) is 11.1. The zero-order valence-corrected chi connectivity index (χ0v) is 11.1. The quantitative estimate of drug-likeness (QED) is 0.615. The van der Waals surface area contributed by atoms with Crippen LogP contribution in [0, 0.1) is 10.1 Å². The van der Waals surface area contributed by atoms with E-state index in [-0.39, 0.29) is 10.9 Å². The molecule has 0 atom stereocenters. The van der Waals surface area contributed by atoms with Gasteiger partial charge in [0.25, 0.3) is 0 Å². The lowest BCUT2D eigenvalue weighted by atomic mass is 10.4. The molecule has 0 amide bonds. The first kappa shape index (κ1) is 13.9. The average molecular weight is 295 g/mol. The van der Waals surface area contributed by atoms with Gasteiger partial charge in [-0.15, -0.1) is 0 Å². The fourth-order valence-electron chi connectivity index (χ4n) is 1.47. The van der Waals surface area contributed by atoms with Gasteiger partial charge < -0.3 is 4.74 Å². The molecule has 2 rings (SSSR count). The predicted octanol–water partition coefficient (Wildman–Crippen LogP) is 1.23. The van der Waals surface area contributed by atoms with E-state index in [1.165, 1.54) is 37.6 Å². The molecule has 20 heavy (non-hydrogen) atoms. The highest BCUT2D eigenvalue weighted by atomic mass is 32.2. The van der Waals surface area contributed by atoms with Gasteiger partial charge in [0.15, 0.2) is 5.03 Å². The molecule has 0 bridgehead atoms. The Bertz CT molecular complexity index is 746. The Morgan fingerprint density at radius 3 is 2.55 bits per heavy atom. The number of pyridine rings is 2. The first-order chi connectivity index (χ1) is 9.46. The first-order valence-electron chi connectivity index (χ1n) is 5.32. The van der Waals surface area contributed by atoms with Crippen molar-refractivity contribution in [2.45, 2.75) is 10.1 Å². The van der Waals surface area contributed by atoms with Crippen LogP contribution < -0.4 is 4.74 Å². The molecule has 0 spiro atoms. The molecule has 0 fully saturated rings. The molecule has 0 unspecified atom stereocenters. The van der Waals surface area contributed by atoms with Gasteiger partial charge in [0.05, 0.1) is 12.0 Å². The molecule has 0 aliphatic rings. The van der Waals surface area contributed by atoms with Crippen molar-refractivity contribution in [2.75, 3.05) is 7.11 Å². The molecule has 0 saturated carbocycles. The standard InChI is InChI=1S/C11H9N3O5S/c1-19-9-6-5-8(14(15)16)11(13-9)20(17,18)10-4-2-3-7-12-10/h2-7H,1H3. The lowest BCUT2D eigenvalue weighted by molar-refractivity contribution is -0.388. The third-order valence-electron chi connectivity index (χ3n) is 2.39. The molecule has 0 saturated heterocycles. The van der Waals surface area contributed by atoms with E-state index < -0.39 is 25.5 Å². The summed E-state index contributed by atoms with van der Waals surface area (Å²) in [5.74, 6) is -0.0369. The van der Waals surface area contributed by atoms with Crippen molar-refractivity contribution >= 4 is 15.5 Å². The Morgan fingerprint density at radius 2 is 2.00 bits per heavy atom. The Balaban J connectivity index is 2.70. The lowest BCUT2D eigenvalue weighted by Crippen LogP contribution is -2.10. The number of hydrogen-bond donors (Lipinski definition) is 0. The van der Waals surface area contributed by atoms with Crippen LogP contribution in [0.15, 0.2) is 46.6 Å². The zero-order valence-electron chi connectivity index (χ0n) is 10.3. The molecule has 2 aromatic heterocycles. The second-order valence-electron chi connectivity index (χ2n) is 3.61. The summed E-state index contributed by atoms with van der Waals surface area (Å²) in [4.78, 5) is 17.5. The van der Waals surface area contributed by atoms with Crippen LogP contribution in [0.1, 0.15) is 0 Å². The fraction of sp³-hybridized carbons (Fsp3) is 0.0909. The molecule has 2 aromatic rings. The summed E-state index contributed by atoms with van der Waals surface area (Å²) in [6, 6.07) is 6.48. The number of aromatic nitrogens is 2. The minimum Gasteiger partial charge on any atom is -0.481 e. The smallest absolute Gasteiger partial charge is 0.307 e. The van der Waals surface area contributed by atoms with Gasteiger partial charge in [0.1, 0.15) is 0 Å². The summed E-state index contributed by atoms with van der Waals surface area (Å²) < 4.78 is 29.5. The van der Waals surface area contributed by atoms with Crippen LogP contribution in [0.4, 0.5) is 5.69 Å². The van der Waals surface area contributed by atoms with Crippen molar-refractivity contribution < 1.29 is 18.1 Å². The van der Waals surface area contributed by atoms with Crippen LogP contribution in [0.25, 0.3) is 0 Å². The Labute approximate surface area is 114 Å². The highest BCUT2D eigenvalue weighted by Crippen LogP contribution is 2.28. The van der Waals surface area contributed by atoms with Gasteiger partial charge in [0.2, 0.25) is 20.7 Å². The van der Waals surface area contributed by atoms with Gasteiger partial charge in [-0.25, -0.2) is 13.4 Å². The van der Waals surface area contributed by atoms with Crippen molar-refractivity contribution in [1.29, 1.82) is 0 Å². The molecular weight excluding hydrogens is 286 g/mol. The topological polar surface area (TPSA) is 112 Å². The minimum absolute atomic E-state index is 0.0369. The molecule has 104 valence electrons. The van der Waals surface area contributed by atoms with Crippen molar-refractivity contribution in [1.82, 2.24) is 9.97 Å². The third kappa shape index (κ3) is 2.43. The number of sulfone groups is 1. The second-order valence-corrected chi connectivity index (χ2v) is 5.42. The Hall–Kier alpha value is -2.55. The summed E-state index contributed by atoms with van der Waals surface area (Å²) in [5, 5.41) is 9.93. The van der Waals surface area contributed by atoms with Crippen LogP contribution in [0.5, 0.6) is 5.88 Å². The summed E-state index contributed by atoms with van der Waals surface area (Å²) >= 11 is 0.